The minimum Gasteiger partial charge on any atom is -0.489 e. The molecule has 1 aromatic carbocycles. The van der Waals surface area contributed by atoms with Gasteiger partial charge in [-0.1, -0.05) is 0 Å². The molecular formula is C24H36FN3O5S. The second-order valence-corrected chi connectivity index (χ2v) is 11.7. The molecule has 0 spiro atoms. The van der Waals surface area contributed by atoms with Crippen LogP contribution in [0.4, 0.5) is 4.39 Å². The van der Waals surface area contributed by atoms with Crippen LogP contribution in [0.25, 0.3) is 0 Å². The van der Waals surface area contributed by atoms with Gasteiger partial charge >= 0.3 is 0 Å². The van der Waals surface area contributed by atoms with Crippen LogP contribution in [0.3, 0.4) is 0 Å². The second kappa shape index (κ2) is 10.6. The summed E-state index contributed by atoms with van der Waals surface area (Å²) in [7, 11) is -3.81. The third-order valence-corrected chi connectivity index (χ3v) is 6.71. The molecule has 190 valence electrons. The maximum absolute atomic E-state index is 14.8. The molecule has 1 aromatic rings. The molecule has 0 aromatic heterocycles. The molecule has 0 radical (unpaired) electrons. The van der Waals surface area contributed by atoms with Gasteiger partial charge in [0.1, 0.15) is 17.7 Å². The van der Waals surface area contributed by atoms with Crippen LogP contribution >= 0.6 is 0 Å². The first-order valence-corrected chi connectivity index (χ1v) is 13.8. The maximum Gasteiger partial charge on any atom is 0.267 e. The molecule has 34 heavy (non-hydrogen) atoms. The second-order valence-electron chi connectivity index (χ2n) is 9.95. The van der Waals surface area contributed by atoms with Crippen molar-refractivity contribution in [2.45, 2.75) is 77.5 Å². The van der Waals surface area contributed by atoms with Crippen LogP contribution in [0.2, 0.25) is 0 Å². The van der Waals surface area contributed by atoms with E-state index < -0.39 is 21.7 Å². The predicted octanol–water partition coefficient (Wildman–Crippen LogP) is 2.88. The van der Waals surface area contributed by atoms with Crippen LogP contribution in [0.15, 0.2) is 12.1 Å². The summed E-state index contributed by atoms with van der Waals surface area (Å²) in [6, 6.07) is 2.84. The van der Waals surface area contributed by atoms with E-state index >= 15 is 0 Å². The summed E-state index contributed by atoms with van der Waals surface area (Å²) in [5.41, 5.74) is 0.414. The molecule has 0 bridgehead atoms. The van der Waals surface area contributed by atoms with E-state index in [1.165, 1.54) is 12.1 Å². The third-order valence-electron chi connectivity index (χ3n) is 6.15. The summed E-state index contributed by atoms with van der Waals surface area (Å²) >= 11 is 0. The van der Waals surface area contributed by atoms with Crippen molar-refractivity contribution in [3.63, 3.8) is 0 Å². The van der Waals surface area contributed by atoms with E-state index in [1.807, 2.05) is 37.3 Å². The van der Waals surface area contributed by atoms with Crippen molar-refractivity contribution in [1.82, 2.24) is 14.5 Å². The number of carbonyl (C=O) groups excluding carboxylic acids is 2. The van der Waals surface area contributed by atoms with Crippen molar-refractivity contribution in [2.24, 2.45) is 0 Å². The highest BCUT2D eigenvalue weighted by molar-refractivity contribution is 7.89. The molecule has 1 unspecified atom stereocenters. The quantitative estimate of drug-likeness (QED) is 0.564. The first-order chi connectivity index (χ1) is 15.9. The Labute approximate surface area is 201 Å². The van der Waals surface area contributed by atoms with Gasteiger partial charge in [0.05, 0.1) is 18.4 Å². The van der Waals surface area contributed by atoms with Gasteiger partial charge in [-0.25, -0.2) is 17.5 Å². The number of carbonyl (C=O) groups is 2. The predicted molar refractivity (Wildman–Crippen MR) is 128 cm³/mol. The smallest absolute Gasteiger partial charge is 0.267 e. The van der Waals surface area contributed by atoms with E-state index in [9.17, 15) is 22.4 Å². The molecule has 2 aliphatic rings. The Bertz CT molecular complexity index is 1020. The van der Waals surface area contributed by atoms with Crippen LogP contribution in [-0.2, 0) is 14.8 Å². The zero-order valence-electron chi connectivity index (χ0n) is 20.6. The molecule has 8 nitrogen and oxygen atoms in total. The standard InChI is InChI=1S/C24H36FN3O5S/c1-15(2)28(16(3)4)23(29)14-27-10-6-7-18(13-27)33-22-12-21(25)20(11-19(22)17-8-9-17)24(30)26-34(5,31)32/h11-12,15-18H,6-10,13-14H2,1-5H3,(H,26,30). The fourth-order valence-electron chi connectivity index (χ4n) is 4.66. The average molecular weight is 498 g/mol. The lowest BCUT2D eigenvalue weighted by Gasteiger charge is -2.36. The largest absolute Gasteiger partial charge is 0.489 e. The first kappa shape index (κ1) is 26.4. The monoisotopic (exact) mass is 497 g/mol. The molecule has 1 aliphatic heterocycles. The van der Waals surface area contributed by atoms with E-state index in [0.717, 1.165) is 44.0 Å². The molecule has 2 fully saturated rings. The number of sulfonamides is 1. The number of nitrogens with zero attached hydrogens (tertiary/aromatic N) is 2. The third kappa shape index (κ3) is 6.91. The van der Waals surface area contributed by atoms with E-state index in [-0.39, 0.29) is 35.6 Å². The van der Waals surface area contributed by atoms with Crippen molar-refractivity contribution in [3.8, 4) is 5.75 Å². The lowest BCUT2D eigenvalue weighted by Crippen LogP contribution is -2.50. The number of hydrogen-bond donors (Lipinski definition) is 1. The number of ether oxygens (including phenoxy) is 1. The van der Waals surface area contributed by atoms with Gasteiger partial charge in [-0.3, -0.25) is 14.5 Å². The van der Waals surface area contributed by atoms with Gasteiger partial charge in [0.25, 0.3) is 5.91 Å². The zero-order valence-corrected chi connectivity index (χ0v) is 21.5. The molecular weight excluding hydrogens is 461 g/mol. The van der Waals surface area contributed by atoms with Gasteiger partial charge in [-0.15, -0.1) is 0 Å². The Kier molecular flexibility index (Phi) is 8.23. The van der Waals surface area contributed by atoms with Gasteiger partial charge in [-0.2, -0.15) is 0 Å². The Morgan fingerprint density at radius 3 is 2.38 bits per heavy atom. The summed E-state index contributed by atoms with van der Waals surface area (Å²) in [4.78, 5) is 29.1. The summed E-state index contributed by atoms with van der Waals surface area (Å²) in [5.74, 6) is -1.19. The van der Waals surface area contributed by atoms with Gasteiger partial charge in [0.15, 0.2) is 0 Å². The Morgan fingerprint density at radius 1 is 1.18 bits per heavy atom. The van der Waals surface area contributed by atoms with Crippen molar-refractivity contribution < 1.29 is 27.1 Å². The van der Waals surface area contributed by atoms with Gasteiger partial charge < -0.3 is 9.64 Å². The van der Waals surface area contributed by atoms with Crippen LogP contribution in [-0.4, -0.2) is 74.1 Å². The first-order valence-electron chi connectivity index (χ1n) is 11.9. The lowest BCUT2D eigenvalue weighted by atomic mass is 10.0. The molecule has 2 amide bonds. The number of rotatable bonds is 9. The highest BCUT2D eigenvalue weighted by Gasteiger charge is 2.32. The number of halogens is 1. The molecule has 10 heteroatoms. The molecule has 1 saturated heterocycles. The molecule has 3 rings (SSSR count). The van der Waals surface area contributed by atoms with Crippen molar-refractivity contribution in [1.29, 1.82) is 0 Å². The Morgan fingerprint density at radius 2 is 1.82 bits per heavy atom. The molecule has 1 saturated carbocycles. The Balaban J connectivity index is 1.73. The van der Waals surface area contributed by atoms with E-state index in [1.54, 1.807) is 0 Å². The number of amides is 2. The molecule has 1 heterocycles. The lowest BCUT2D eigenvalue weighted by molar-refractivity contribution is -0.136. The minimum absolute atomic E-state index is 0.0802. The van der Waals surface area contributed by atoms with E-state index in [2.05, 4.69) is 4.90 Å². The number of nitrogens with one attached hydrogen (secondary N) is 1. The van der Waals surface area contributed by atoms with Crippen molar-refractivity contribution in [2.75, 3.05) is 25.9 Å². The summed E-state index contributed by atoms with van der Waals surface area (Å²) in [6.45, 7) is 9.69. The van der Waals surface area contributed by atoms with Crippen LogP contribution in [0.5, 0.6) is 5.75 Å². The van der Waals surface area contributed by atoms with E-state index in [0.29, 0.717) is 18.8 Å². The van der Waals surface area contributed by atoms with Crippen LogP contribution in [0, 0.1) is 5.82 Å². The summed E-state index contributed by atoms with van der Waals surface area (Å²) in [6.07, 6.45) is 4.09. The Hall–Kier alpha value is -2.20. The number of benzene rings is 1. The minimum atomic E-state index is -3.81. The molecule has 1 aliphatic carbocycles. The fraction of sp³-hybridized carbons (Fsp3) is 0.667. The van der Waals surface area contributed by atoms with Gasteiger partial charge in [0, 0.05) is 24.7 Å². The SMILES string of the molecule is CC(C)N(C(=O)CN1CCCC(Oc2cc(F)c(C(=O)NS(C)(=O)=O)cc2C2CC2)C1)C(C)C. The molecule has 1 N–H and O–H groups in total. The van der Waals surface area contributed by atoms with Gasteiger partial charge in [0.2, 0.25) is 15.9 Å². The average Bonchev–Trinajstić information content (AvgIpc) is 3.51. The summed E-state index contributed by atoms with van der Waals surface area (Å²) < 4.78 is 45.6. The highest BCUT2D eigenvalue weighted by atomic mass is 32.2. The summed E-state index contributed by atoms with van der Waals surface area (Å²) in [5, 5.41) is 0. The van der Waals surface area contributed by atoms with Crippen LogP contribution < -0.4 is 9.46 Å². The number of hydrogen-bond acceptors (Lipinski definition) is 6. The normalized spacial score (nSPS) is 19.4. The van der Waals surface area contributed by atoms with Crippen molar-refractivity contribution in [3.05, 3.63) is 29.1 Å². The van der Waals surface area contributed by atoms with Crippen molar-refractivity contribution >= 4 is 21.8 Å². The zero-order chi connectivity index (χ0) is 25.2. The number of likely N-dealkylation sites (tertiary alicyclic amines) is 1. The topological polar surface area (TPSA) is 96.0 Å². The molecule has 1 atom stereocenters. The van der Waals surface area contributed by atoms with Crippen LogP contribution in [0.1, 0.15) is 75.2 Å². The number of piperidine rings is 1. The fourth-order valence-corrected chi connectivity index (χ4v) is 5.11. The maximum atomic E-state index is 14.8. The van der Waals surface area contributed by atoms with E-state index in [4.69, 9.17) is 4.74 Å². The highest BCUT2D eigenvalue weighted by Crippen LogP contribution is 2.45. The van der Waals surface area contributed by atoms with Gasteiger partial charge in [-0.05, 0) is 77.5 Å².